The van der Waals surface area contributed by atoms with Crippen LogP contribution in [0.5, 0.6) is 0 Å². The third kappa shape index (κ3) is 7.95. The molecular formula is C22H31NO4. The molecule has 1 unspecified atom stereocenters. The molecule has 1 fully saturated rings. The first-order valence-corrected chi connectivity index (χ1v) is 9.94. The molecule has 1 aliphatic heterocycles. The Balaban J connectivity index is 1.77. The molecule has 5 nitrogen and oxygen atoms in total. The van der Waals surface area contributed by atoms with Crippen molar-refractivity contribution >= 4 is 11.9 Å². The van der Waals surface area contributed by atoms with Crippen LogP contribution in [0.4, 0.5) is 0 Å². The van der Waals surface area contributed by atoms with Crippen molar-refractivity contribution < 1.29 is 19.8 Å². The molecule has 5 heteroatoms. The van der Waals surface area contributed by atoms with Crippen LogP contribution in [0.2, 0.25) is 0 Å². The second-order valence-electron chi connectivity index (χ2n) is 7.27. The number of piperidine rings is 1. The lowest BCUT2D eigenvalue weighted by Gasteiger charge is -2.35. The molecule has 1 heterocycles. The summed E-state index contributed by atoms with van der Waals surface area (Å²) in [7, 11) is 0. The number of nitrogens with zero attached hydrogens (tertiary/aromatic N) is 1. The average molecular weight is 373 g/mol. The molecule has 148 valence electrons. The number of allylic oxidation sites excluding steroid dienone is 1. The maximum Gasteiger partial charge on any atom is 0.303 e. The fourth-order valence-corrected chi connectivity index (χ4v) is 3.59. The zero-order chi connectivity index (χ0) is 19.5. The van der Waals surface area contributed by atoms with Gasteiger partial charge >= 0.3 is 5.97 Å². The third-order valence-electron chi connectivity index (χ3n) is 5.07. The van der Waals surface area contributed by atoms with Crippen molar-refractivity contribution in [2.75, 3.05) is 6.54 Å². The van der Waals surface area contributed by atoms with Crippen LogP contribution in [0.15, 0.2) is 42.5 Å². The lowest BCUT2D eigenvalue weighted by Crippen LogP contribution is -2.44. The number of hydrogen-bond donors (Lipinski definition) is 2. The van der Waals surface area contributed by atoms with Gasteiger partial charge in [0.2, 0.25) is 5.91 Å². The Kier molecular flexibility index (Phi) is 9.05. The standard InChI is InChI=1S/C22H31NO4/c24-20(17-18-9-4-3-5-10-18)15-14-19-11-8-12-21(25)23(19)16-7-2-1-6-13-22(26)27/h2-5,7,9-10,19-20,24H,1,6,8,11-17H2,(H,26,27)/b7-2-/t19-,20?/m1/s1. The summed E-state index contributed by atoms with van der Waals surface area (Å²) in [5.74, 6) is -0.595. The van der Waals surface area contributed by atoms with Gasteiger partial charge in [-0.3, -0.25) is 9.59 Å². The largest absolute Gasteiger partial charge is 0.481 e. The minimum atomic E-state index is -0.774. The molecule has 1 aromatic carbocycles. The lowest BCUT2D eigenvalue weighted by atomic mass is 9.94. The van der Waals surface area contributed by atoms with E-state index in [1.807, 2.05) is 47.4 Å². The molecular weight excluding hydrogens is 342 g/mol. The van der Waals surface area contributed by atoms with Gasteiger partial charge in [0.1, 0.15) is 0 Å². The first-order valence-electron chi connectivity index (χ1n) is 9.94. The Morgan fingerprint density at radius 3 is 2.78 bits per heavy atom. The van der Waals surface area contributed by atoms with E-state index in [2.05, 4.69) is 0 Å². The molecule has 2 N–H and O–H groups in total. The molecule has 27 heavy (non-hydrogen) atoms. The van der Waals surface area contributed by atoms with Crippen molar-refractivity contribution in [1.29, 1.82) is 0 Å². The number of aliphatic hydroxyl groups is 1. The highest BCUT2D eigenvalue weighted by atomic mass is 16.4. The first-order chi connectivity index (χ1) is 13.1. The first kappa shape index (κ1) is 21.2. The lowest BCUT2D eigenvalue weighted by molar-refractivity contribution is -0.137. The van der Waals surface area contributed by atoms with Gasteiger partial charge in [0, 0.05) is 25.4 Å². The second-order valence-corrected chi connectivity index (χ2v) is 7.27. The predicted molar refractivity (Wildman–Crippen MR) is 105 cm³/mol. The van der Waals surface area contributed by atoms with Crippen molar-refractivity contribution in [1.82, 2.24) is 4.90 Å². The van der Waals surface area contributed by atoms with E-state index in [0.717, 1.165) is 31.2 Å². The van der Waals surface area contributed by atoms with Crippen LogP contribution in [0, 0.1) is 0 Å². The van der Waals surface area contributed by atoms with E-state index in [-0.39, 0.29) is 18.4 Å². The summed E-state index contributed by atoms with van der Waals surface area (Å²) in [6.45, 7) is 0.575. The van der Waals surface area contributed by atoms with Gasteiger partial charge in [-0.05, 0) is 50.5 Å². The fourth-order valence-electron chi connectivity index (χ4n) is 3.59. The number of carboxylic acids is 1. The zero-order valence-corrected chi connectivity index (χ0v) is 15.9. The predicted octanol–water partition coefficient (Wildman–Crippen LogP) is 3.56. The molecule has 1 aliphatic rings. The van der Waals surface area contributed by atoms with Crippen molar-refractivity contribution in [2.24, 2.45) is 0 Å². The van der Waals surface area contributed by atoms with Crippen LogP contribution in [0.1, 0.15) is 56.9 Å². The van der Waals surface area contributed by atoms with Crippen LogP contribution in [-0.2, 0) is 16.0 Å². The van der Waals surface area contributed by atoms with Gasteiger partial charge in [-0.15, -0.1) is 0 Å². The molecule has 1 amide bonds. The molecule has 0 bridgehead atoms. The van der Waals surface area contributed by atoms with Crippen molar-refractivity contribution in [3.8, 4) is 0 Å². The molecule has 1 aromatic rings. The Morgan fingerprint density at radius 1 is 1.26 bits per heavy atom. The molecule has 0 aliphatic carbocycles. The van der Waals surface area contributed by atoms with E-state index in [0.29, 0.717) is 32.2 Å². The van der Waals surface area contributed by atoms with E-state index < -0.39 is 12.1 Å². The topological polar surface area (TPSA) is 77.8 Å². The smallest absolute Gasteiger partial charge is 0.303 e. The van der Waals surface area contributed by atoms with Gasteiger partial charge in [-0.2, -0.15) is 0 Å². The van der Waals surface area contributed by atoms with Gasteiger partial charge in [0.15, 0.2) is 0 Å². The number of aliphatic hydroxyl groups excluding tert-OH is 1. The van der Waals surface area contributed by atoms with Crippen LogP contribution >= 0.6 is 0 Å². The summed E-state index contributed by atoms with van der Waals surface area (Å²) < 4.78 is 0. The summed E-state index contributed by atoms with van der Waals surface area (Å²) in [4.78, 5) is 24.7. The molecule has 0 saturated carbocycles. The van der Waals surface area contributed by atoms with Gasteiger partial charge in [-0.25, -0.2) is 0 Å². The molecule has 2 rings (SSSR count). The number of carboxylic acid groups (broad SMARTS) is 1. The monoisotopic (exact) mass is 373 g/mol. The third-order valence-corrected chi connectivity index (χ3v) is 5.07. The van der Waals surface area contributed by atoms with Crippen LogP contribution in [-0.4, -0.2) is 45.7 Å². The molecule has 0 aromatic heterocycles. The number of likely N-dealkylation sites (tertiary alicyclic amines) is 1. The maximum absolute atomic E-state index is 12.3. The number of benzene rings is 1. The fraction of sp³-hybridized carbons (Fsp3) is 0.545. The number of amides is 1. The minimum Gasteiger partial charge on any atom is -0.481 e. The SMILES string of the molecule is O=C(O)CCC/C=C\CN1C(=O)CCC[C@@H]1CCC(O)Cc1ccccc1. The molecule has 2 atom stereocenters. The Bertz CT molecular complexity index is 614. The van der Waals surface area contributed by atoms with E-state index >= 15 is 0 Å². The molecule has 1 saturated heterocycles. The van der Waals surface area contributed by atoms with Crippen LogP contribution < -0.4 is 0 Å². The van der Waals surface area contributed by atoms with Gasteiger partial charge in [0.05, 0.1) is 6.10 Å². The summed E-state index contributed by atoms with van der Waals surface area (Å²) in [6.07, 6.45) is 9.69. The van der Waals surface area contributed by atoms with E-state index in [4.69, 9.17) is 5.11 Å². The number of carbonyl (C=O) groups is 2. The van der Waals surface area contributed by atoms with E-state index in [9.17, 15) is 14.7 Å². The highest BCUT2D eigenvalue weighted by Crippen LogP contribution is 2.23. The molecule has 0 radical (unpaired) electrons. The quantitative estimate of drug-likeness (QED) is 0.459. The van der Waals surface area contributed by atoms with Gasteiger partial charge in [-0.1, -0.05) is 42.5 Å². The number of unbranched alkanes of at least 4 members (excludes halogenated alkanes) is 1. The van der Waals surface area contributed by atoms with E-state index in [1.54, 1.807) is 0 Å². The average Bonchev–Trinajstić information content (AvgIpc) is 2.65. The Labute approximate surface area is 161 Å². The summed E-state index contributed by atoms with van der Waals surface area (Å²) in [5.41, 5.74) is 1.13. The number of hydrogen-bond acceptors (Lipinski definition) is 3. The summed E-state index contributed by atoms with van der Waals surface area (Å²) in [5, 5.41) is 19.0. The normalized spacial score (nSPS) is 18.8. The summed E-state index contributed by atoms with van der Waals surface area (Å²) >= 11 is 0. The van der Waals surface area contributed by atoms with Crippen LogP contribution in [0.25, 0.3) is 0 Å². The molecule has 0 spiro atoms. The Hall–Kier alpha value is -2.14. The highest BCUT2D eigenvalue weighted by Gasteiger charge is 2.27. The Morgan fingerprint density at radius 2 is 2.04 bits per heavy atom. The van der Waals surface area contributed by atoms with Gasteiger partial charge in [0.25, 0.3) is 0 Å². The van der Waals surface area contributed by atoms with Crippen molar-refractivity contribution in [2.45, 2.75) is 69.9 Å². The van der Waals surface area contributed by atoms with Crippen molar-refractivity contribution in [3.05, 3.63) is 48.0 Å². The zero-order valence-electron chi connectivity index (χ0n) is 15.9. The van der Waals surface area contributed by atoms with Crippen molar-refractivity contribution in [3.63, 3.8) is 0 Å². The minimum absolute atomic E-state index is 0.176. The maximum atomic E-state index is 12.3. The highest BCUT2D eigenvalue weighted by molar-refractivity contribution is 5.77. The second kappa shape index (κ2) is 11.5. The number of rotatable bonds is 11. The number of carbonyl (C=O) groups excluding carboxylic acids is 1. The number of aliphatic carboxylic acids is 1. The summed E-state index contributed by atoms with van der Waals surface area (Å²) in [6, 6.07) is 10.2. The van der Waals surface area contributed by atoms with Gasteiger partial charge < -0.3 is 15.1 Å². The van der Waals surface area contributed by atoms with Crippen LogP contribution in [0.3, 0.4) is 0 Å². The van der Waals surface area contributed by atoms with E-state index in [1.165, 1.54) is 0 Å².